The predicted molar refractivity (Wildman–Crippen MR) is 43.4 cm³/mol. The number of rotatable bonds is 3. The van der Waals surface area contributed by atoms with Crippen LogP contribution >= 0.6 is 0 Å². The van der Waals surface area contributed by atoms with Crippen molar-refractivity contribution in [2.24, 2.45) is 0 Å². The third-order valence-corrected chi connectivity index (χ3v) is 1.99. The zero-order valence-corrected chi connectivity index (χ0v) is 7.91. The highest BCUT2D eigenvalue weighted by Crippen LogP contribution is 2.20. The minimum Gasteiger partial charge on any atom is -0.294 e. The van der Waals surface area contributed by atoms with E-state index in [1.165, 1.54) is 12.1 Å². The topological polar surface area (TPSA) is 52.6 Å². The first kappa shape index (κ1) is 12.1. The summed E-state index contributed by atoms with van der Waals surface area (Å²) in [4.78, 5) is 22.1. The smallest absolute Gasteiger partial charge is 0.294 e. The van der Waals surface area contributed by atoms with Crippen LogP contribution in [0, 0.1) is 0 Å². The van der Waals surface area contributed by atoms with E-state index in [1.807, 2.05) is 0 Å². The first-order chi connectivity index (χ1) is 6.85. The van der Waals surface area contributed by atoms with Gasteiger partial charge in [0.2, 0.25) is 5.78 Å². The number of likely N-dealkylation sites (N-methyl/N-ethyl adjacent to an activating group) is 1. The van der Waals surface area contributed by atoms with Crippen LogP contribution < -0.4 is 5.43 Å². The van der Waals surface area contributed by atoms with Crippen molar-refractivity contribution in [3.63, 3.8) is 0 Å². The molecule has 0 amide bonds. The number of hydrazine groups is 1. The van der Waals surface area contributed by atoms with Gasteiger partial charge in [-0.1, -0.05) is 0 Å². The number of hydrogen-bond donors (Lipinski definition) is 1. The summed E-state index contributed by atoms with van der Waals surface area (Å²) in [5.74, 6) is -0.897. The van der Waals surface area contributed by atoms with E-state index in [-0.39, 0.29) is 13.0 Å². The molecule has 0 aromatic carbocycles. The van der Waals surface area contributed by atoms with E-state index in [0.29, 0.717) is 0 Å². The summed E-state index contributed by atoms with van der Waals surface area (Å²) < 4.78 is 36.3. The third kappa shape index (κ3) is 2.98. The summed E-state index contributed by atoms with van der Waals surface area (Å²) in [5, 5.41) is 1.18. The summed E-state index contributed by atoms with van der Waals surface area (Å²) in [7, 11) is 1.41. The van der Waals surface area contributed by atoms with Crippen LogP contribution in [0.1, 0.15) is 0 Å². The van der Waals surface area contributed by atoms with Crippen molar-refractivity contribution >= 4 is 12.1 Å². The number of carbonyl (C=O) groups excluding carboxylic acids is 2. The van der Waals surface area contributed by atoms with Crippen LogP contribution in [0.4, 0.5) is 13.2 Å². The summed E-state index contributed by atoms with van der Waals surface area (Å²) in [6.07, 6.45) is -5.55. The van der Waals surface area contributed by atoms with Crippen LogP contribution in [0.15, 0.2) is 0 Å². The first-order valence-electron chi connectivity index (χ1n) is 4.11. The zero-order chi connectivity index (χ0) is 11.6. The van der Waals surface area contributed by atoms with Gasteiger partial charge in [0.05, 0.1) is 13.2 Å². The van der Waals surface area contributed by atoms with Gasteiger partial charge in [0.25, 0.3) is 0 Å². The number of aldehydes is 1. The third-order valence-electron chi connectivity index (χ3n) is 1.99. The van der Waals surface area contributed by atoms with Gasteiger partial charge in [-0.3, -0.25) is 14.5 Å². The second-order valence-electron chi connectivity index (χ2n) is 3.18. The minimum absolute atomic E-state index is 0.0253. The average Bonchev–Trinajstić information content (AvgIpc) is 2.43. The van der Waals surface area contributed by atoms with Gasteiger partial charge in [-0.25, -0.2) is 10.4 Å². The molecule has 1 N–H and O–H groups in total. The maximum atomic E-state index is 12.1. The molecule has 0 spiro atoms. The molecule has 0 aliphatic carbocycles. The van der Waals surface area contributed by atoms with Crippen molar-refractivity contribution < 1.29 is 22.8 Å². The van der Waals surface area contributed by atoms with Gasteiger partial charge in [-0.15, -0.1) is 0 Å². The second-order valence-corrected chi connectivity index (χ2v) is 3.18. The Balaban J connectivity index is 2.72. The van der Waals surface area contributed by atoms with E-state index < -0.39 is 24.7 Å². The Kier molecular flexibility index (Phi) is 3.42. The molecule has 1 aliphatic heterocycles. The fourth-order valence-electron chi connectivity index (χ4n) is 1.42. The summed E-state index contributed by atoms with van der Waals surface area (Å²) >= 11 is 0. The van der Waals surface area contributed by atoms with Crippen molar-refractivity contribution in [1.29, 1.82) is 0 Å². The van der Waals surface area contributed by atoms with Crippen LogP contribution in [0.3, 0.4) is 0 Å². The molecule has 1 rings (SSSR count). The van der Waals surface area contributed by atoms with Crippen molar-refractivity contribution in [2.75, 3.05) is 20.3 Å². The van der Waals surface area contributed by atoms with E-state index >= 15 is 0 Å². The highest BCUT2D eigenvalue weighted by atomic mass is 19.4. The molecule has 0 bridgehead atoms. The Morgan fingerprint density at radius 1 is 1.60 bits per heavy atom. The molecule has 0 aromatic rings. The van der Waals surface area contributed by atoms with Gasteiger partial charge in [0.15, 0.2) is 6.29 Å². The van der Waals surface area contributed by atoms with Crippen molar-refractivity contribution in [2.45, 2.75) is 12.3 Å². The monoisotopic (exact) mass is 225 g/mol. The normalized spacial score (nSPS) is 24.4. The molecule has 1 saturated heterocycles. The van der Waals surface area contributed by atoms with Gasteiger partial charge < -0.3 is 0 Å². The van der Waals surface area contributed by atoms with E-state index in [2.05, 4.69) is 5.43 Å². The lowest BCUT2D eigenvalue weighted by atomic mass is 10.3. The molecule has 0 aromatic heterocycles. The molecule has 1 atom stereocenters. The molecular formula is C7H10F3N3O2. The molecular weight excluding hydrogens is 215 g/mol. The zero-order valence-electron chi connectivity index (χ0n) is 7.91. The van der Waals surface area contributed by atoms with Crippen LogP contribution in [-0.2, 0) is 9.59 Å². The molecule has 1 fully saturated rings. The molecule has 1 heterocycles. The highest BCUT2D eigenvalue weighted by molar-refractivity contribution is 6.27. The van der Waals surface area contributed by atoms with Gasteiger partial charge in [-0.05, 0) is 0 Å². The molecule has 1 unspecified atom stereocenters. The molecule has 8 heteroatoms. The van der Waals surface area contributed by atoms with Gasteiger partial charge in [0, 0.05) is 7.05 Å². The van der Waals surface area contributed by atoms with E-state index in [1.54, 1.807) is 0 Å². The SMILES string of the molecule is CN1NCN(CC(F)(F)F)C1C(=O)C=O. The lowest BCUT2D eigenvalue weighted by Gasteiger charge is -2.24. The van der Waals surface area contributed by atoms with Crippen LogP contribution in [-0.4, -0.2) is 54.6 Å². The number of alkyl halides is 3. The fourth-order valence-corrected chi connectivity index (χ4v) is 1.42. The van der Waals surface area contributed by atoms with Crippen LogP contribution in [0.2, 0.25) is 0 Å². The fraction of sp³-hybridized carbons (Fsp3) is 0.714. The maximum absolute atomic E-state index is 12.1. The van der Waals surface area contributed by atoms with Gasteiger partial charge in [-0.2, -0.15) is 13.2 Å². The number of halogens is 3. The van der Waals surface area contributed by atoms with Gasteiger partial charge >= 0.3 is 6.18 Å². The molecule has 5 nitrogen and oxygen atoms in total. The molecule has 15 heavy (non-hydrogen) atoms. The van der Waals surface area contributed by atoms with Crippen LogP contribution in [0.25, 0.3) is 0 Å². The molecule has 0 saturated carbocycles. The maximum Gasteiger partial charge on any atom is 0.401 e. The van der Waals surface area contributed by atoms with E-state index in [9.17, 15) is 22.8 Å². The lowest BCUT2D eigenvalue weighted by Crippen LogP contribution is -2.47. The quantitative estimate of drug-likeness (QED) is 0.511. The predicted octanol–water partition coefficient (Wildman–Crippen LogP) is -0.648. The average molecular weight is 225 g/mol. The Bertz CT molecular complexity index is 269. The standard InChI is InChI=1S/C7H10F3N3O2/c1-12-6(5(15)2-14)13(4-11-12)3-7(8,9)10/h2,6,11H,3-4H2,1H3. The number of nitrogens with zero attached hydrogens (tertiary/aromatic N) is 2. The number of Topliss-reactive ketones (excluding diaryl/α,β-unsaturated/α-hetero) is 1. The minimum atomic E-state index is -4.39. The van der Waals surface area contributed by atoms with Crippen molar-refractivity contribution in [3.8, 4) is 0 Å². The second kappa shape index (κ2) is 4.25. The number of nitrogens with one attached hydrogen (secondary N) is 1. The number of hydrogen-bond acceptors (Lipinski definition) is 5. The Labute approximate surface area is 83.8 Å². The van der Waals surface area contributed by atoms with E-state index in [4.69, 9.17) is 0 Å². The number of ketones is 1. The molecule has 1 aliphatic rings. The van der Waals surface area contributed by atoms with E-state index in [0.717, 1.165) is 4.90 Å². The first-order valence-corrected chi connectivity index (χ1v) is 4.11. The largest absolute Gasteiger partial charge is 0.401 e. The van der Waals surface area contributed by atoms with Crippen molar-refractivity contribution in [1.82, 2.24) is 15.3 Å². The highest BCUT2D eigenvalue weighted by Gasteiger charge is 2.41. The lowest BCUT2D eigenvalue weighted by molar-refractivity contribution is -0.155. The molecule has 86 valence electrons. The summed E-state index contributed by atoms with van der Waals surface area (Å²) in [6, 6.07) is 0. The number of carbonyl (C=O) groups is 2. The summed E-state index contributed by atoms with van der Waals surface area (Å²) in [6.45, 7) is -1.34. The molecule has 0 radical (unpaired) electrons. The van der Waals surface area contributed by atoms with Crippen molar-refractivity contribution in [3.05, 3.63) is 0 Å². The Hall–Kier alpha value is -0.990. The Morgan fingerprint density at radius 2 is 2.20 bits per heavy atom. The van der Waals surface area contributed by atoms with Crippen LogP contribution in [0.5, 0.6) is 0 Å². The Morgan fingerprint density at radius 3 is 2.67 bits per heavy atom. The summed E-state index contributed by atoms with van der Waals surface area (Å²) in [5.41, 5.74) is 2.54. The van der Waals surface area contributed by atoms with Gasteiger partial charge in [0.1, 0.15) is 6.17 Å².